The van der Waals surface area contributed by atoms with Gasteiger partial charge in [-0.25, -0.2) is 0 Å². The van der Waals surface area contributed by atoms with Crippen molar-refractivity contribution in [3.05, 3.63) is 0 Å². The first kappa shape index (κ1) is 9.91. The van der Waals surface area contributed by atoms with E-state index >= 15 is 0 Å². The minimum atomic E-state index is 0.0347. The molecule has 0 amide bonds. The molecule has 3 N–H and O–H groups in total. The van der Waals surface area contributed by atoms with Crippen LogP contribution in [0.15, 0.2) is 4.99 Å². The maximum Gasteiger partial charge on any atom is 0.189 e. The van der Waals surface area contributed by atoms with Crippen LogP contribution in [0.5, 0.6) is 0 Å². The van der Waals surface area contributed by atoms with Gasteiger partial charge in [0.1, 0.15) is 0 Å². The normalized spacial score (nSPS) is 19.2. The van der Waals surface area contributed by atoms with Crippen LogP contribution in [-0.4, -0.2) is 18.0 Å². The number of hydrogen-bond donors (Lipinski definition) is 2. The Morgan fingerprint density at radius 2 is 2.46 bits per heavy atom. The maximum atomic E-state index is 5.66. The van der Waals surface area contributed by atoms with Gasteiger partial charge in [-0.15, -0.1) is 6.42 Å². The van der Waals surface area contributed by atoms with E-state index in [1.165, 1.54) is 0 Å². The van der Waals surface area contributed by atoms with Gasteiger partial charge in [-0.1, -0.05) is 19.3 Å². The van der Waals surface area contributed by atoms with Crippen molar-refractivity contribution in [2.75, 3.05) is 0 Å². The van der Waals surface area contributed by atoms with Crippen molar-refractivity contribution < 1.29 is 0 Å². The Morgan fingerprint density at radius 1 is 1.77 bits per heavy atom. The van der Waals surface area contributed by atoms with Gasteiger partial charge in [-0.3, -0.25) is 4.99 Å². The second-order valence-electron chi connectivity index (χ2n) is 3.40. The minimum absolute atomic E-state index is 0.0347. The SMILES string of the molecule is C#CC(CCC)NC(N)=NC1CC1. The van der Waals surface area contributed by atoms with Gasteiger partial charge in [0, 0.05) is 0 Å². The fourth-order valence-corrected chi connectivity index (χ4v) is 1.10. The molecule has 0 saturated heterocycles. The highest BCUT2D eigenvalue weighted by molar-refractivity contribution is 5.78. The molecule has 1 unspecified atom stereocenters. The van der Waals surface area contributed by atoms with E-state index in [1.54, 1.807) is 0 Å². The van der Waals surface area contributed by atoms with E-state index in [0.29, 0.717) is 12.0 Å². The molecule has 0 radical (unpaired) electrons. The van der Waals surface area contributed by atoms with E-state index in [0.717, 1.165) is 25.7 Å². The maximum absolute atomic E-state index is 5.66. The van der Waals surface area contributed by atoms with Gasteiger partial charge in [0.25, 0.3) is 0 Å². The molecule has 0 spiro atoms. The third kappa shape index (κ3) is 3.84. The molecular formula is C10H17N3. The highest BCUT2D eigenvalue weighted by Crippen LogP contribution is 2.22. The lowest BCUT2D eigenvalue weighted by Gasteiger charge is -2.11. The van der Waals surface area contributed by atoms with E-state index in [2.05, 4.69) is 23.2 Å². The zero-order valence-electron chi connectivity index (χ0n) is 8.09. The Morgan fingerprint density at radius 3 is 2.92 bits per heavy atom. The summed E-state index contributed by atoms with van der Waals surface area (Å²) in [7, 11) is 0. The lowest BCUT2D eigenvalue weighted by molar-refractivity contribution is 0.658. The monoisotopic (exact) mass is 179 g/mol. The van der Waals surface area contributed by atoms with Crippen LogP contribution >= 0.6 is 0 Å². The van der Waals surface area contributed by atoms with Crippen molar-refractivity contribution >= 4 is 5.96 Å². The predicted octanol–water partition coefficient (Wildman–Crippen LogP) is 0.855. The number of nitrogens with one attached hydrogen (secondary N) is 1. The van der Waals surface area contributed by atoms with E-state index in [1.807, 2.05) is 0 Å². The fourth-order valence-electron chi connectivity index (χ4n) is 1.10. The van der Waals surface area contributed by atoms with Crippen molar-refractivity contribution in [3.63, 3.8) is 0 Å². The molecule has 1 atom stereocenters. The zero-order valence-corrected chi connectivity index (χ0v) is 8.09. The van der Waals surface area contributed by atoms with Crippen LogP contribution in [0, 0.1) is 12.3 Å². The van der Waals surface area contributed by atoms with Crippen LogP contribution in [-0.2, 0) is 0 Å². The number of rotatable bonds is 4. The summed E-state index contributed by atoms with van der Waals surface area (Å²) in [5, 5.41) is 3.03. The molecule has 1 aliphatic carbocycles. The molecule has 1 aliphatic rings. The molecule has 0 heterocycles. The first-order chi connectivity index (χ1) is 6.26. The highest BCUT2D eigenvalue weighted by Gasteiger charge is 2.20. The lowest BCUT2D eigenvalue weighted by atomic mass is 10.2. The third-order valence-corrected chi connectivity index (χ3v) is 1.97. The van der Waals surface area contributed by atoms with Crippen molar-refractivity contribution in [3.8, 4) is 12.3 Å². The van der Waals surface area contributed by atoms with Crippen molar-refractivity contribution in [2.24, 2.45) is 10.7 Å². The molecule has 3 heteroatoms. The molecular weight excluding hydrogens is 162 g/mol. The summed E-state index contributed by atoms with van der Waals surface area (Å²) in [5.74, 6) is 3.15. The second kappa shape index (κ2) is 4.76. The molecule has 0 aromatic carbocycles. The molecule has 72 valence electrons. The van der Waals surface area contributed by atoms with E-state index < -0.39 is 0 Å². The number of nitrogens with two attached hydrogens (primary N) is 1. The lowest BCUT2D eigenvalue weighted by Crippen LogP contribution is -2.39. The largest absolute Gasteiger partial charge is 0.370 e. The Kier molecular flexibility index (Phi) is 3.63. The van der Waals surface area contributed by atoms with Gasteiger partial charge in [0.05, 0.1) is 12.1 Å². The molecule has 0 aromatic heterocycles. The molecule has 1 rings (SSSR count). The number of aliphatic imine (C=N–C) groups is 1. The van der Waals surface area contributed by atoms with Gasteiger partial charge in [-0.05, 0) is 19.3 Å². The predicted molar refractivity (Wildman–Crippen MR) is 55.3 cm³/mol. The van der Waals surface area contributed by atoms with Gasteiger partial charge in [-0.2, -0.15) is 0 Å². The van der Waals surface area contributed by atoms with Crippen LogP contribution < -0.4 is 11.1 Å². The molecule has 1 saturated carbocycles. The summed E-state index contributed by atoms with van der Waals surface area (Å²) in [5.41, 5.74) is 5.66. The quantitative estimate of drug-likeness (QED) is 0.382. The Labute approximate surface area is 79.8 Å². The highest BCUT2D eigenvalue weighted by atomic mass is 15.1. The summed E-state index contributed by atoms with van der Waals surface area (Å²) in [6.45, 7) is 2.10. The van der Waals surface area contributed by atoms with Crippen LogP contribution in [0.2, 0.25) is 0 Å². The van der Waals surface area contributed by atoms with Crippen LogP contribution in [0.3, 0.4) is 0 Å². The fraction of sp³-hybridized carbons (Fsp3) is 0.700. The molecule has 1 fully saturated rings. The molecule has 0 aliphatic heterocycles. The summed E-state index contributed by atoms with van der Waals surface area (Å²) in [4.78, 5) is 4.25. The number of terminal acetylenes is 1. The summed E-state index contributed by atoms with van der Waals surface area (Å²) in [6, 6.07) is 0.486. The average molecular weight is 179 g/mol. The van der Waals surface area contributed by atoms with E-state index in [4.69, 9.17) is 12.2 Å². The molecule has 13 heavy (non-hydrogen) atoms. The summed E-state index contributed by atoms with van der Waals surface area (Å²) in [6.07, 6.45) is 9.65. The smallest absolute Gasteiger partial charge is 0.189 e. The molecule has 0 aromatic rings. The van der Waals surface area contributed by atoms with Gasteiger partial charge >= 0.3 is 0 Å². The topological polar surface area (TPSA) is 50.4 Å². The number of nitrogens with zero attached hydrogens (tertiary/aromatic N) is 1. The van der Waals surface area contributed by atoms with Gasteiger partial charge in [0.2, 0.25) is 0 Å². The Balaban J connectivity index is 2.31. The van der Waals surface area contributed by atoms with Crippen molar-refractivity contribution in [1.82, 2.24) is 5.32 Å². The minimum Gasteiger partial charge on any atom is -0.370 e. The van der Waals surface area contributed by atoms with Crippen LogP contribution in [0.4, 0.5) is 0 Å². The Bertz CT molecular complexity index is 223. The molecule has 3 nitrogen and oxygen atoms in total. The standard InChI is InChI=1S/C10H17N3/c1-3-5-8(4-2)12-10(11)13-9-6-7-9/h2,8-9H,3,5-7H2,1H3,(H3,11,12,13). The molecule has 0 bridgehead atoms. The van der Waals surface area contributed by atoms with Crippen LogP contribution in [0.1, 0.15) is 32.6 Å². The first-order valence-electron chi connectivity index (χ1n) is 4.82. The van der Waals surface area contributed by atoms with E-state index in [-0.39, 0.29) is 6.04 Å². The first-order valence-corrected chi connectivity index (χ1v) is 4.82. The van der Waals surface area contributed by atoms with Gasteiger partial charge < -0.3 is 11.1 Å². The number of hydrogen-bond acceptors (Lipinski definition) is 1. The summed E-state index contributed by atoms with van der Waals surface area (Å²) >= 11 is 0. The second-order valence-corrected chi connectivity index (χ2v) is 3.40. The third-order valence-electron chi connectivity index (χ3n) is 1.97. The van der Waals surface area contributed by atoms with Crippen LogP contribution in [0.25, 0.3) is 0 Å². The zero-order chi connectivity index (χ0) is 9.68. The van der Waals surface area contributed by atoms with Crippen molar-refractivity contribution in [1.29, 1.82) is 0 Å². The summed E-state index contributed by atoms with van der Waals surface area (Å²) < 4.78 is 0. The number of guanidine groups is 1. The van der Waals surface area contributed by atoms with Gasteiger partial charge in [0.15, 0.2) is 5.96 Å². The Hall–Kier alpha value is -1.17. The average Bonchev–Trinajstić information content (AvgIpc) is 2.87. The van der Waals surface area contributed by atoms with Crippen molar-refractivity contribution in [2.45, 2.75) is 44.7 Å². The van der Waals surface area contributed by atoms with E-state index in [9.17, 15) is 0 Å².